The van der Waals surface area contributed by atoms with Gasteiger partial charge in [-0.15, -0.1) is 0 Å². The molecule has 0 aliphatic heterocycles. The van der Waals surface area contributed by atoms with Crippen molar-refractivity contribution in [1.29, 1.82) is 0 Å². The smallest absolute Gasteiger partial charge is 0.323 e. The fraction of sp³-hybridized carbons (Fsp3) is 0.750. The summed E-state index contributed by atoms with van der Waals surface area (Å²) in [5, 5.41) is 3.15. The first kappa shape index (κ1) is 14.5. The number of rotatable bonds is 8. The Morgan fingerprint density at radius 2 is 1.89 bits per heavy atom. The van der Waals surface area contributed by atoms with Crippen molar-refractivity contribution < 1.29 is 4.74 Å². The first-order valence-corrected chi connectivity index (χ1v) is 6.47. The van der Waals surface area contributed by atoms with Crippen LogP contribution in [0, 0.1) is 0 Å². The summed E-state index contributed by atoms with van der Waals surface area (Å²) in [6.45, 7) is 5.70. The maximum Gasteiger partial charge on any atom is 0.323 e. The van der Waals surface area contributed by atoms with E-state index in [1.807, 2.05) is 19.0 Å². The van der Waals surface area contributed by atoms with Gasteiger partial charge in [0.05, 0.1) is 6.61 Å². The molecule has 1 N–H and O–H groups in total. The van der Waals surface area contributed by atoms with Crippen LogP contribution in [0.2, 0.25) is 0 Å². The van der Waals surface area contributed by atoms with Crippen LogP contribution in [0.5, 0.6) is 6.01 Å². The monoisotopic (exact) mass is 253 g/mol. The third kappa shape index (κ3) is 4.73. The summed E-state index contributed by atoms with van der Waals surface area (Å²) in [7, 11) is 3.80. The predicted octanol–water partition coefficient (Wildman–Crippen LogP) is 1.94. The zero-order chi connectivity index (χ0) is 13.4. The quantitative estimate of drug-likeness (QED) is 0.714. The normalized spacial score (nSPS) is 10.2. The number of aromatic nitrogens is 3. The fourth-order valence-electron chi connectivity index (χ4n) is 1.23. The lowest BCUT2D eigenvalue weighted by Crippen LogP contribution is -2.16. The third-order valence-corrected chi connectivity index (χ3v) is 2.27. The van der Waals surface area contributed by atoms with Gasteiger partial charge in [-0.2, -0.15) is 15.0 Å². The molecule has 6 heteroatoms. The van der Waals surface area contributed by atoms with E-state index in [1.54, 1.807) is 0 Å². The van der Waals surface area contributed by atoms with E-state index in [0.29, 0.717) is 24.5 Å². The van der Waals surface area contributed by atoms with Gasteiger partial charge in [-0.1, -0.05) is 20.3 Å². The minimum atomic E-state index is 0.390. The van der Waals surface area contributed by atoms with E-state index < -0.39 is 0 Å². The maximum absolute atomic E-state index is 5.53. The molecule has 0 spiro atoms. The summed E-state index contributed by atoms with van der Waals surface area (Å²) in [5.41, 5.74) is 0. The van der Waals surface area contributed by atoms with Gasteiger partial charge in [0.2, 0.25) is 11.9 Å². The van der Waals surface area contributed by atoms with Gasteiger partial charge in [-0.3, -0.25) is 0 Å². The standard InChI is InChI=1S/C12H23N5O/c1-5-7-9-18-12-15-10(13-8-6-2)14-11(16-12)17(3)4/h5-9H2,1-4H3,(H,13,14,15,16). The molecule has 0 unspecified atom stereocenters. The van der Waals surface area contributed by atoms with Crippen LogP contribution < -0.4 is 15.0 Å². The van der Waals surface area contributed by atoms with Crippen molar-refractivity contribution >= 4 is 11.9 Å². The third-order valence-electron chi connectivity index (χ3n) is 2.27. The largest absolute Gasteiger partial charge is 0.463 e. The van der Waals surface area contributed by atoms with Crippen LogP contribution in [-0.4, -0.2) is 42.2 Å². The van der Waals surface area contributed by atoms with Gasteiger partial charge in [0.15, 0.2) is 0 Å². The van der Waals surface area contributed by atoms with Gasteiger partial charge in [0, 0.05) is 20.6 Å². The molecule has 1 aromatic rings. The van der Waals surface area contributed by atoms with Crippen molar-refractivity contribution in [3.63, 3.8) is 0 Å². The second kappa shape index (κ2) is 7.68. The first-order valence-electron chi connectivity index (χ1n) is 6.47. The molecule has 1 aromatic heterocycles. The summed E-state index contributed by atoms with van der Waals surface area (Å²) in [5.74, 6) is 1.18. The SMILES string of the molecule is CCCCOc1nc(NCCC)nc(N(C)C)n1. The molecule has 0 fully saturated rings. The highest BCUT2D eigenvalue weighted by Gasteiger charge is 2.08. The van der Waals surface area contributed by atoms with E-state index in [-0.39, 0.29) is 0 Å². The lowest BCUT2D eigenvalue weighted by molar-refractivity contribution is 0.285. The summed E-state index contributed by atoms with van der Waals surface area (Å²) in [6.07, 6.45) is 3.11. The van der Waals surface area contributed by atoms with Crippen LogP contribution in [0.15, 0.2) is 0 Å². The van der Waals surface area contributed by atoms with Crippen LogP contribution >= 0.6 is 0 Å². The van der Waals surface area contributed by atoms with Gasteiger partial charge >= 0.3 is 6.01 Å². The van der Waals surface area contributed by atoms with E-state index in [0.717, 1.165) is 25.8 Å². The Labute approximate surface area is 109 Å². The van der Waals surface area contributed by atoms with Crippen LogP contribution in [-0.2, 0) is 0 Å². The van der Waals surface area contributed by atoms with Gasteiger partial charge in [0.25, 0.3) is 0 Å². The number of unbranched alkanes of at least 4 members (excludes halogenated alkanes) is 1. The molecule has 0 aliphatic rings. The van der Waals surface area contributed by atoms with Crippen LogP contribution in [0.3, 0.4) is 0 Å². The van der Waals surface area contributed by atoms with Crippen molar-refractivity contribution in [1.82, 2.24) is 15.0 Å². The topological polar surface area (TPSA) is 63.2 Å². The zero-order valence-corrected chi connectivity index (χ0v) is 11.7. The molecule has 0 saturated carbocycles. The molecule has 0 amide bonds. The summed E-state index contributed by atoms with van der Waals surface area (Å²) < 4.78 is 5.53. The van der Waals surface area contributed by atoms with E-state index in [1.165, 1.54) is 0 Å². The second-order valence-corrected chi connectivity index (χ2v) is 4.26. The highest BCUT2D eigenvalue weighted by atomic mass is 16.5. The molecule has 0 radical (unpaired) electrons. The fourth-order valence-corrected chi connectivity index (χ4v) is 1.23. The number of hydrogen-bond donors (Lipinski definition) is 1. The van der Waals surface area contributed by atoms with Crippen molar-refractivity contribution in [3.05, 3.63) is 0 Å². The molecular formula is C12H23N5O. The number of anilines is 2. The van der Waals surface area contributed by atoms with Crippen LogP contribution in [0.25, 0.3) is 0 Å². The Morgan fingerprint density at radius 1 is 1.11 bits per heavy atom. The number of nitrogens with one attached hydrogen (secondary N) is 1. The second-order valence-electron chi connectivity index (χ2n) is 4.26. The maximum atomic E-state index is 5.53. The Morgan fingerprint density at radius 3 is 2.50 bits per heavy atom. The van der Waals surface area contributed by atoms with Gasteiger partial charge in [-0.05, 0) is 12.8 Å². The molecule has 102 valence electrons. The predicted molar refractivity (Wildman–Crippen MR) is 73.3 cm³/mol. The molecule has 0 atom stereocenters. The molecule has 1 rings (SSSR count). The van der Waals surface area contributed by atoms with Gasteiger partial charge in [0.1, 0.15) is 0 Å². The van der Waals surface area contributed by atoms with Crippen molar-refractivity contribution in [2.75, 3.05) is 37.5 Å². The minimum Gasteiger partial charge on any atom is -0.463 e. The lowest BCUT2D eigenvalue weighted by atomic mass is 10.4. The van der Waals surface area contributed by atoms with Crippen LogP contribution in [0.1, 0.15) is 33.1 Å². The Balaban J connectivity index is 2.77. The van der Waals surface area contributed by atoms with Crippen molar-refractivity contribution in [2.24, 2.45) is 0 Å². The number of ether oxygens (including phenoxy) is 1. The lowest BCUT2D eigenvalue weighted by Gasteiger charge is -2.13. The average molecular weight is 253 g/mol. The minimum absolute atomic E-state index is 0.390. The van der Waals surface area contributed by atoms with E-state index >= 15 is 0 Å². The average Bonchev–Trinajstić information content (AvgIpc) is 2.36. The molecule has 1 heterocycles. The van der Waals surface area contributed by atoms with E-state index in [4.69, 9.17) is 4.74 Å². The molecular weight excluding hydrogens is 230 g/mol. The molecule has 0 saturated heterocycles. The number of nitrogens with zero attached hydrogens (tertiary/aromatic N) is 4. The highest BCUT2D eigenvalue weighted by molar-refractivity contribution is 5.36. The van der Waals surface area contributed by atoms with Crippen molar-refractivity contribution in [2.45, 2.75) is 33.1 Å². The summed E-state index contributed by atoms with van der Waals surface area (Å²) in [4.78, 5) is 14.6. The zero-order valence-electron chi connectivity index (χ0n) is 11.7. The number of hydrogen-bond acceptors (Lipinski definition) is 6. The molecule has 6 nitrogen and oxygen atoms in total. The van der Waals surface area contributed by atoms with Crippen molar-refractivity contribution in [3.8, 4) is 6.01 Å². The highest BCUT2D eigenvalue weighted by Crippen LogP contribution is 2.13. The first-order chi connectivity index (χ1) is 8.67. The molecule has 0 aliphatic carbocycles. The summed E-state index contributed by atoms with van der Waals surface area (Å²) >= 11 is 0. The van der Waals surface area contributed by atoms with Gasteiger partial charge in [-0.25, -0.2) is 0 Å². The van der Waals surface area contributed by atoms with E-state index in [2.05, 4.69) is 34.1 Å². The summed E-state index contributed by atoms with van der Waals surface area (Å²) in [6, 6.07) is 0.390. The Kier molecular flexibility index (Phi) is 6.18. The van der Waals surface area contributed by atoms with Gasteiger partial charge < -0.3 is 15.0 Å². The Hall–Kier alpha value is -1.59. The molecule has 0 bridgehead atoms. The molecule has 0 aromatic carbocycles. The Bertz CT molecular complexity index is 356. The van der Waals surface area contributed by atoms with E-state index in [9.17, 15) is 0 Å². The molecule has 18 heavy (non-hydrogen) atoms. The van der Waals surface area contributed by atoms with Crippen LogP contribution in [0.4, 0.5) is 11.9 Å².